The fourth-order valence-corrected chi connectivity index (χ4v) is 4.13. The van der Waals surface area contributed by atoms with Crippen LogP contribution in [0.15, 0.2) is 54.6 Å². The fourth-order valence-electron chi connectivity index (χ4n) is 3.41. The van der Waals surface area contributed by atoms with Gasteiger partial charge < -0.3 is 10.1 Å². The number of hydrogen-bond donors (Lipinski definition) is 1. The topological polar surface area (TPSA) is 81.4 Å². The highest BCUT2D eigenvalue weighted by molar-refractivity contribution is 7.15. The van der Waals surface area contributed by atoms with Gasteiger partial charge in [0, 0.05) is 42.2 Å². The molecule has 0 saturated carbocycles. The average molecular weight is 391 g/mol. The first-order valence-electron chi connectivity index (χ1n) is 8.99. The molecule has 140 valence electrons. The van der Waals surface area contributed by atoms with E-state index in [1.54, 1.807) is 29.9 Å². The molecule has 4 aromatic rings. The summed E-state index contributed by atoms with van der Waals surface area (Å²) in [5.74, 6) is 0.774. The van der Waals surface area contributed by atoms with Crippen molar-refractivity contribution in [2.75, 3.05) is 6.54 Å². The van der Waals surface area contributed by atoms with E-state index in [9.17, 15) is 4.79 Å². The quantitative estimate of drug-likeness (QED) is 0.565. The Bertz CT molecular complexity index is 1110. The van der Waals surface area contributed by atoms with E-state index in [4.69, 9.17) is 4.74 Å². The van der Waals surface area contributed by atoms with E-state index in [1.165, 1.54) is 0 Å². The molecule has 0 radical (unpaired) electrons. The van der Waals surface area contributed by atoms with Gasteiger partial charge in [-0.15, -0.1) is 11.3 Å². The van der Waals surface area contributed by atoms with E-state index >= 15 is 0 Å². The molecule has 5 rings (SSSR count). The molecule has 0 bridgehead atoms. The van der Waals surface area contributed by atoms with Crippen LogP contribution in [-0.2, 0) is 17.6 Å². The Kier molecular flexibility index (Phi) is 4.25. The van der Waals surface area contributed by atoms with Crippen molar-refractivity contribution >= 4 is 22.2 Å². The van der Waals surface area contributed by atoms with Crippen molar-refractivity contribution in [1.29, 1.82) is 0 Å². The van der Waals surface area contributed by atoms with E-state index in [1.807, 2.05) is 34.3 Å². The minimum absolute atomic E-state index is 0.0561. The minimum Gasteiger partial charge on any atom is -0.487 e. The lowest BCUT2D eigenvalue weighted by atomic mass is 10.0. The monoisotopic (exact) mass is 391 g/mol. The van der Waals surface area contributed by atoms with Gasteiger partial charge in [0.15, 0.2) is 4.96 Å². The Morgan fingerprint density at radius 1 is 1.36 bits per heavy atom. The second-order valence-electron chi connectivity index (χ2n) is 6.63. The van der Waals surface area contributed by atoms with Gasteiger partial charge in [-0.05, 0) is 11.6 Å². The summed E-state index contributed by atoms with van der Waals surface area (Å²) >= 11 is 1.55. The number of fused-ring (bicyclic) bond motifs is 2. The van der Waals surface area contributed by atoms with Crippen LogP contribution in [0, 0.1) is 0 Å². The molecule has 0 fully saturated rings. The van der Waals surface area contributed by atoms with E-state index < -0.39 is 0 Å². The first-order chi connectivity index (χ1) is 13.8. The van der Waals surface area contributed by atoms with Crippen LogP contribution in [0.4, 0.5) is 0 Å². The highest BCUT2D eigenvalue weighted by atomic mass is 32.1. The molecule has 0 aliphatic carbocycles. The number of rotatable bonds is 5. The van der Waals surface area contributed by atoms with Crippen LogP contribution in [-0.4, -0.2) is 37.9 Å². The summed E-state index contributed by atoms with van der Waals surface area (Å²) in [5.41, 5.74) is 3.60. The predicted octanol–water partition coefficient (Wildman–Crippen LogP) is 2.52. The molecule has 1 aliphatic heterocycles. The molecule has 3 aromatic heterocycles. The third kappa shape index (κ3) is 3.22. The number of ether oxygens (including phenoxy) is 1. The minimum atomic E-state index is -0.0951. The Morgan fingerprint density at radius 3 is 3.18 bits per heavy atom. The Morgan fingerprint density at radius 2 is 2.32 bits per heavy atom. The van der Waals surface area contributed by atoms with Crippen LogP contribution in [0.1, 0.15) is 11.3 Å². The molecular weight excluding hydrogens is 374 g/mol. The number of hydrogen-bond acceptors (Lipinski definition) is 6. The van der Waals surface area contributed by atoms with Crippen molar-refractivity contribution in [1.82, 2.24) is 24.7 Å². The largest absolute Gasteiger partial charge is 0.487 e. The summed E-state index contributed by atoms with van der Waals surface area (Å²) in [6.07, 6.45) is 9.79. The smallest absolute Gasteiger partial charge is 0.226 e. The third-order valence-electron chi connectivity index (χ3n) is 4.68. The van der Waals surface area contributed by atoms with E-state index in [-0.39, 0.29) is 18.4 Å². The summed E-state index contributed by atoms with van der Waals surface area (Å²) in [5, 5.41) is 4.93. The highest BCUT2D eigenvalue weighted by Gasteiger charge is 2.26. The average Bonchev–Trinajstić information content (AvgIpc) is 3.41. The SMILES string of the molecule is O=C(Cc1cn2ccsc2n1)NC[C@H]1Cc2cccc(-c3cnccn3)c2O1. The maximum Gasteiger partial charge on any atom is 0.226 e. The number of nitrogens with zero attached hydrogens (tertiary/aromatic N) is 4. The summed E-state index contributed by atoms with van der Waals surface area (Å²) < 4.78 is 8.06. The van der Waals surface area contributed by atoms with Gasteiger partial charge >= 0.3 is 0 Å². The maximum absolute atomic E-state index is 12.3. The van der Waals surface area contributed by atoms with Gasteiger partial charge in [-0.1, -0.05) is 12.1 Å². The molecular formula is C20H17N5O2S. The van der Waals surface area contributed by atoms with Gasteiger partial charge in [0.05, 0.1) is 30.6 Å². The molecule has 8 heteroatoms. The van der Waals surface area contributed by atoms with Crippen LogP contribution in [0.25, 0.3) is 16.2 Å². The van der Waals surface area contributed by atoms with Gasteiger partial charge in [-0.2, -0.15) is 0 Å². The van der Waals surface area contributed by atoms with Crippen LogP contribution in [0.5, 0.6) is 5.75 Å². The standard InChI is InChI=1S/C20H17N5O2S/c26-18(9-14-12-25-6-7-28-20(25)24-14)23-10-15-8-13-2-1-3-16(19(13)27-15)17-11-21-4-5-22-17/h1-7,11-12,15H,8-10H2,(H,23,26)/t15-/m1/s1. The lowest BCUT2D eigenvalue weighted by molar-refractivity contribution is -0.120. The van der Waals surface area contributed by atoms with E-state index in [2.05, 4.69) is 26.3 Å². The van der Waals surface area contributed by atoms with Gasteiger partial charge in [-0.3, -0.25) is 19.2 Å². The van der Waals surface area contributed by atoms with E-state index in [0.717, 1.165) is 39.6 Å². The second-order valence-corrected chi connectivity index (χ2v) is 7.51. The fraction of sp³-hybridized carbons (Fsp3) is 0.200. The number of para-hydroxylation sites is 1. The summed E-state index contributed by atoms with van der Waals surface area (Å²) in [7, 11) is 0. The number of amides is 1. The number of carbonyl (C=O) groups excluding carboxylic acids is 1. The first-order valence-corrected chi connectivity index (χ1v) is 9.87. The van der Waals surface area contributed by atoms with Crippen molar-refractivity contribution in [3.05, 3.63) is 65.8 Å². The van der Waals surface area contributed by atoms with Crippen molar-refractivity contribution in [2.24, 2.45) is 0 Å². The third-order valence-corrected chi connectivity index (χ3v) is 5.45. The lowest BCUT2D eigenvalue weighted by Gasteiger charge is -2.13. The van der Waals surface area contributed by atoms with Gasteiger partial charge in [0.1, 0.15) is 11.9 Å². The number of nitrogens with one attached hydrogen (secondary N) is 1. The highest BCUT2D eigenvalue weighted by Crippen LogP contribution is 2.37. The number of imidazole rings is 1. The first kappa shape index (κ1) is 16.9. The van der Waals surface area contributed by atoms with Crippen LogP contribution in [0.3, 0.4) is 0 Å². The molecule has 0 saturated heterocycles. The summed E-state index contributed by atoms with van der Waals surface area (Å²) in [6, 6.07) is 6.03. The lowest BCUT2D eigenvalue weighted by Crippen LogP contribution is -2.35. The zero-order valence-corrected chi connectivity index (χ0v) is 15.7. The number of aromatic nitrogens is 4. The molecule has 0 unspecified atom stereocenters. The molecule has 4 heterocycles. The second kappa shape index (κ2) is 7.05. The summed E-state index contributed by atoms with van der Waals surface area (Å²) in [6.45, 7) is 0.454. The normalized spacial score (nSPS) is 15.4. The van der Waals surface area contributed by atoms with Crippen molar-refractivity contribution in [3.8, 4) is 17.0 Å². The molecule has 1 aliphatic rings. The van der Waals surface area contributed by atoms with Crippen LogP contribution < -0.4 is 10.1 Å². The maximum atomic E-state index is 12.3. The predicted molar refractivity (Wildman–Crippen MR) is 105 cm³/mol. The Labute approximate surface area is 165 Å². The molecule has 1 amide bonds. The van der Waals surface area contributed by atoms with Crippen LogP contribution >= 0.6 is 11.3 Å². The van der Waals surface area contributed by atoms with Gasteiger partial charge in [0.2, 0.25) is 5.91 Å². The molecule has 7 nitrogen and oxygen atoms in total. The van der Waals surface area contributed by atoms with Crippen LogP contribution in [0.2, 0.25) is 0 Å². The van der Waals surface area contributed by atoms with Gasteiger partial charge in [-0.25, -0.2) is 4.98 Å². The van der Waals surface area contributed by atoms with E-state index in [0.29, 0.717) is 6.54 Å². The molecule has 1 N–H and O–H groups in total. The number of carbonyl (C=O) groups is 1. The number of thiazole rings is 1. The molecule has 28 heavy (non-hydrogen) atoms. The molecule has 1 atom stereocenters. The Balaban J connectivity index is 1.22. The van der Waals surface area contributed by atoms with Crippen molar-refractivity contribution in [2.45, 2.75) is 18.9 Å². The molecule has 1 aromatic carbocycles. The van der Waals surface area contributed by atoms with Gasteiger partial charge in [0.25, 0.3) is 0 Å². The Hall–Kier alpha value is -3.26. The zero-order chi connectivity index (χ0) is 18.9. The molecule has 0 spiro atoms. The van der Waals surface area contributed by atoms with Crippen molar-refractivity contribution < 1.29 is 9.53 Å². The zero-order valence-electron chi connectivity index (χ0n) is 14.9. The summed E-state index contributed by atoms with van der Waals surface area (Å²) in [4.78, 5) is 26.1. The van der Waals surface area contributed by atoms with Crippen molar-refractivity contribution in [3.63, 3.8) is 0 Å². The number of benzene rings is 1.